The van der Waals surface area contributed by atoms with E-state index in [1.165, 1.54) is 12.1 Å². The van der Waals surface area contributed by atoms with Crippen LogP contribution in [-0.2, 0) is 4.74 Å². The normalized spacial score (nSPS) is 10.7. The summed E-state index contributed by atoms with van der Waals surface area (Å²) >= 11 is 6.06. The molecule has 0 amide bonds. The zero-order valence-electron chi connectivity index (χ0n) is 15.2. The zero-order valence-corrected chi connectivity index (χ0v) is 17.0. The van der Waals surface area contributed by atoms with Crippen molar-refractivity contribution in [2.45, 2.75) is 19.6 Å². The van der Waals surface area contributed by atoms with E-state index in [-0.39, 0.29) is 16.7 Å². The van der Waals surface area contributed by atoms with E-state index >= 15 is 0 Å². The van der Waals surface area contributed by atoms with Crippen LogP contribution in [0.15, 0.2) is 30.3 Å². The summed E-state index contributed by atoms with van der Waals surface area (Å²) in [6.45, 7) is 5.82. The molecule has 27 heavy (non-hydrogen) atoms. The van der Waals surface area contributed by atoms with E-state index in [0.717, 1.165) is 7.11 Å². The molecule has 0 unspecified atom stereocenters. The number of nitro groups is 1. The Bertz CT molecular complexity index is 975. The fourth-order valence-corrected chi connectivity index (χ4v) is 3.13. The highest BCUT2D eigenvalue weighted by Crippen LogP contribution is 2.42. The standard InChI is InChI=1S/C19H17ClFNO4Si/c1-26-19(23)15-14(12-8-6-5-7-9-12)18(22(24)25)13(16(20)17(15)21)10-11-27(2,3)4/h5-9H,1-4H3. The number of hydrogen-bond donors (Lipinski definition) is 0. The Morgan fingerprint density at radius 1 is 1.26 bits per heavy atom. The Hall–Kier alpha value is -2.69. The summed E-state index contributed by atoms with van der Waals surface area (Å²) in [5.41, 5.74) is 1.71. The van der Waals surface area contributed by atoms with Gasteiger partial charge in [-0.15, -0.1) is 5.54 Å². The molecular formula is C19H17ClFNO4Si. The molecule has 0 radical (unpaired) electrons. The monoisotopic (exact) mass is 405 g/mol. The number of hydrogen-bond acceptors (Lipinski definition) is 4. The van der Waals surface area contributed by atoms with Crippen LogP contribution < -0.4 is 0 Å². The predicted molar refractivity (Wildman–Crippen MR) is 105 cm³/mol. The fraction of sp³-hybridized carbons (Fsp3) is 0.211. The van der Waals surface area contributed by atoms with E-state index in [4.69, 9.17) is 11.6 Å². The van der Waals surface area contributed by atoms with E-state index in [0.29, 0.717) is 0 Å². The maximum atomic E-state index is 15.0. The van der Waals surface area contributed by atoms with Crippen LogP contribution in [0.4, 0.5) is 10.1 Å². The maximum absolute atomic E-state index is 15.0. The molecule has 5 nitrogen and oxygen atoms in total. The van der Waals surface area contributed by atoms with Gasteiger partial charge in [-0.05, 0) is 5.56 Å². The minimum atomic E-state index is -1.93. The molecule has 2 rings (SSSR count). The van der Waals surface area contributed by atoms with Crippen molar-refractivity contribution in [1.29, 1.82) is 0 Å². The van der Waals surface area contributed by atoms with Crippen LogP contribution in [0.5, 0.6) is 0 Å². The summed E-state index contributed by atoms with van der Waals surface area (Å²) in [6, 6.07) is 8.03. The molecule has 0 aliphatic rings. The first-order valence-electron chi connectivity index (χ1n) is 7.94. The number of nitrogens with zero attached hydrogens (tertiary/aromatic N) is 1. The first kappa shape index (κ1) is 20.6. The largest absolute Gasteiger partial charge is 0.465 e. The smallest absolute Gasteiger partial charge is 0.341 e. The number of halogens is 2. The van der Waals surface area contributed by atoms with Gasteiger partial charge in [-0.1, -0.05) is 67.5 Å². The number of carbonyl (C=O) groups is 1. The van der Waals surface area contributed by atoms with Crippen molar-refractivity contribution in [1.82, 2.24) is 0 Å². The molecule has 0 atom stereocenters. The third kappa shape index (κ3) is 4.35. The molecular weight excluding hydrogens is 389 g/mol. The molecule has 0 aromatic heterocycles. The van der Waals surface area contributed by atoms with Crippen LogP contribution in [0.3, 0.4) is 0 Å². The number of benzene rings is 2. The van der Waals surface area contributed by atoms with Gasteiger partial charge in [-0.2, -0.15) is 0 Å². The number of carbonyl (C=O) groups excluding carboxylic acids is 1. The van der Waals surface area contributed by atoms with E-state index in [9.17, 15) is 19.3 Å². The quantitative estimate of drug-likeness (QED) is 0.235. The Balaban J connectivity index is 3.05. The second-order valence-electron chi connectivity index (χ2n) is 6.72. The molecule has 2 aromatic rings. The lowest BCUT2D eigenvalue weighted by atomic mass is 9.94. The van der Waals surface area contributed by atoms with Crippen molar-refractivity contribution in [2.75, 3.05) is 7.11 Å². The van der Waals surface area contributed by atoms with Gasteiger partial charge in [0.2, 0.25) is 0 Å². The van der Waals surface area contributed by atoms with E-state index in [1.807, 2.05) is 19.6 Å². The van der Waals surface area contributed by atoms with Gasteiger partial charge < -0.3 is 4.74 Å². The van der Waals surface area contributed by atoms with E-state index in [2.05, 4.69) is 16.2 Å². The van der Waals surface area contributed by atoms with Crippen LogP contribution in [0, 0.1) is 27.4 Å². The van der Waals surface area contributed by atoms with Crippen molar-refractivity contribution in [2.24, 2.45) is 0 Å². The molecule has 0 bridgehead atoms. The van der Waals surface area contributed by atoms with Gasteiger partial charge in [-0.3, -0.25) is 10.1 Å². The second-order valence-corrected chi connectivity index (χ2v) is 11.8. The molecule has 0 fully saturated rings. The van der Waals surface area contributed by atoms with Crippen molar-refractivity contribution in [3.63, 3.8) is 0 Å². The molecule has 0 saturated heterocycles. The van der Waals surface area contributed by atoms with Gasteiger partial charge in [0.05, 0.1) is 22.6 Å². The number of rotatable bonds is 3. The van der Waals surface area contributed by atoms with Crippen LogP contribution in [0.1, 0.15) is 15.9 Å². The summed E-state index contributed by atoms with van der Waals surface area (Å²) < 4.78 is 19.6. The van der Waals surface area contributed by atoms with Crippen molar-refractivity contribution >= 4 is 31.3 Å². The molecule has 0 N–H and O–H groups in total. The van der Waals surface area contributed by atoms with Gasteiger partial charge in [0.15, 0.2) is 5.82 Å². The van der Waals surface area contributed by atoms with Crippen LogP contribution in [0.2, 0.25) is 24.7 Å². The average Bonchev–Trinajstić information content (AvgIpc) is 2.61. The third-order valence-corrected chi connectivity index (χ3v) is 4.78. The molecule has 140 valence electrons. The number of ether oxygens (including phenoxy) is 1. The molecule has 0 aliphatic carbocycles. The Morgan fingerprint density at radius 3 is 2.33 bits per heavy atom. The van der Waals surface area contributed by atoms with Crippen molar-refractivity contribution < 1.29 is 18.8 Å². The summed E-state index contributed by atoms with van der Waals surface area (Å²) in [7, 11) is -0.869. The average molecular weight is 406 g/mol. The van der Waals surface area contributed by atoms with Gasteiger partial charge in [0.25, 0.3) is 5.69 Å². The minimum Gasteiger partial charge on any atom is -0.465 e. The third-order valence-electron chi connectivity index (χ3n) is 3.55. The SMILES string of the molecule is COC(=O)c1c(F)c(Cl)c(C#C[Si](C)(C)C)c([N+](=O)[O-])c1-c1ccccc1. The Morgan fingerprint density at radius 2 is 1.85 bits per heavy atom. The lowest BCUT2D eigenvalue weighted by Crippen LogP contribution is -2.17. The summed E-state index contributed by atoms with van der Waals surface area (Å²) in [5.74, 6) is 0.539. The van der Waals surface area contributed by atoms with E-state index in [1.54, 1.807) is 18.2 Å². The number of esters is 1. The highest BCUT2D eigenvalue weighted by molar-refractivity contribution is 6.83. The number of nitro benzene ring substituents is 1. The van der Waals surface area contributed by atoms with Gasteiger partial charge in [0, 0.05) is 0 Å². The molecule has 0 saturated carbocycles. The topological polar surface area (TPSA) is 69.4 Å². The first-order chi connectivity index (χ1) is 12.6. The zero-order chi connectivity index (χ0) is 20.4. The lowest BCUT2D eigenvalue weighted by Gasteiger charge is -2.14. The maximum Gasteiger partial charge on any atom is 0.341 e. The summed E-state index contributed by atoms with van der Waals surface area (Å²) in [4.78, 5) is 23.4. The summed E-state index contributed by atoms with van der Waals surface area (Å²) in [5, 5.41) is 11.3. The highest BCUT2D eigenvalue weighted by atomic mass is 35.5. The summed E-state index contributed by atoms with van der Waals surface area (Å²) in [6.07, 6.45) is 0. The first-order valence-corrected chi connectivity index (χ1v) is 11.8. The fourth-order valence-electron chi connectivity index (χ4n) is 2.40. The second kappa shape index (κ2) is 7.90. The number of methoxy groups -OCH3 is 1. The lowest BCUT2D eigenvalue weighted by molar-refractivity contribution is -0.384. The molecule has 0 spiro atoms. The minimum absolute atomic E-state index is 0.200. The van der Waals surface area contributed by atoms with E-state index < -0.39 is 41.1 Å². The molecule has 2 aromatic carbocycles. The van der Waals surface area contributed by atoms with Gasteiger partial charge in [0.1, 0.15) is 19.2 Å². The molecule has 0 aliphatic heterocycles. The molecule has 8 heteroatoms. The van der Waals surface area contributed by atoms with Crippen LogP contribution in [-0.4, -0.2) is 26.1 Å². The predicted octanol–water partition coefficient (Wildman–Crippen LogP) is 5.07. The van der Waals surface area contributed by atoms with Crippen LogP contribution >= 0.6 is 11.6 Å². The highest BCUT2D eigenvalue weighted by Gasteiger charge is 2.34. The van der Waals surface area contributed by atoms with Gasteiger partial charge in [-0.25, -0.2) is 9.18 Å². The van der Waals surface area contributed by atoms with Gasteiger partial charge >= 0.3 is 5.97 Å². The van der Waals surface area contributed by atoms with Crippen LogP contribution in [0.25, 0.3) is 11.1 Å². The van der Waals surface area contributed by atoms with Crippen molar-refractivity contribution in [3.8, 4) is 22.6 Å². The van der Waals surface area contributed by atoms with Crippen molar-refractivity contribution in [3.05, 3.63) is 62.4 Å². The Labute approximate surface area is 162 Å². The Kier molecular flexibility index (Phi) is 6.03. The molecule has 0 heterocycles.